The zero-order valence-corrected chi connectivity index (χ0v) is 17.5. The number of nitrogens with zero attached hydrogens (tertiary/aromatic N) is 3. The highest BCUT2D eigenvalue weighted by Crippen LogP contribution is 2.41. The van der Waals surface area contributed by atoms with E-state index in [-0.39, 0.29) is 30.8 Å². The molecular weight excluding hydrogens is 401 g/mol. The number of benzene rings is 1. The Morgan fingerprint density at radius 2 is 2.10 bits per heavy atom. The van der Waals surface area contributed by atoms with Crippen LogP contribution in [0.1, 0.15) is 50.6 Å². The van der Waals surface area contributed by atoms with Crippen molar-refractivity contribution in [3.8, 4) is 0 Å². The number of halogens is 1. The Morgan fingerprint density at radius 3 is 2.81 bits per heavy atom. The van der Waals surface area contributed by atoms with Gasteiger partial charge in [0.15, 0.2) is 5.69 Å². The van der Waals surface area contributed by atoms with Gasteiger partial charge in [0.25, 0.3) is 11.8 Å². The number of aromatic nitrogens is 3. The number of aliphatic hydroxyl groups is 1. The molecule has 8 nitrogen and oxygen atoms in total. The fraction of sp³-hybridized carbons (Fsp3) is 0.409. The van der Waals surface area contributed by atoms with E-state index in [1.807, 2.05) is 0 Å². The highest BCUT2D eigenvalue weighted by Gasteiger charge is 2.49. The first-order valence-corrected chi connectivity index (χ1v) is 10.4. The second-order valence-electron chi connectivity index (χ2n) is 8.62. The predicted molar refractivity (Wildman–Crippen MR) is 111 cm³/mol. The van der Waals surface area contributed by atoms with Crippen LogP contribution in [0.2, 0.25) is 0 Å². The van der Waals surface area contributed by atoms with Gasteiger partial charge in [-0.2, -0.15) is 5.10 Å². The minimum absolute atomic E-state index is 0.0765. The average Bonchev–Trinajstić information content (AvgIpc) is 3.25. The first kappa shape index (κ1) is 19.7. The van der Waals surface area contributed by atoms with Gasteiger partial charge in [-0.25, -0.2) is 4.39 Å². The fourth-order valence-electron chi connectivity index (χ4n) is 4.42. The molecule has 1 fully saturated rings. The first-order valence-electron chi connectivity index (χ1n) is 10.4. The maximum absolute atomic E-state index is 13.7. The van der Waals surface area contributed by atoms with E-state index in [0.29, 0.717) is 35.4 Å². The van der Waals surface area contributed by atoms with Crippen molar-refractivity contribution >= 4 is 22.7 Å². The number of carbonyl (C=O) groups is 2. The molecule has 31 heavy (non-hydrogen) atoms. The number of carbonyl (C=O) groups excluding carboxylic acids is 2. The lowest BCUT2D eigenvalue weighted by atomic mass is 10.0. The van der Waals surface area contributed by atoms with Crippen molar-refractivity contribution in [1.29, 1.82) is 0 Å². The van der Waals surface area contributed by atoms with E-state index in [0.717, 1.165) is 29.5 Å². The molecule has 162 valence electrons. The molecule has 0 atom stereocenters. The van der Waals surface area contributed by atoms with Gasteiger partial charge in [-0.15, -0.1) is 0 Å². The van der Waals surface area contributed by atoms with Gasteiger partial charge in [0.1, 0.15) is 11.5 Å². The van der Waals surface area contributed by atoms with Crippen molar-refractivity contribution in [1.82, 2.24) is 25.0 Å². The molecule has 0 bridgehead atoms. The molecule has 3 aromatic rings. The summed E-state index contributed by atoms with van der Waals surface area (Å²) >= 11 is 0. The standard InChI is InChI=1S/C22H24FN5O3/c1-12-7-13(23)8-17-14(12)9-18(24-17)20(30)28-6-3-16-15(10-28)19(26-25-16)21(31)27(2)22(11-29)4-5-22/h7-9,24,29H,3-6,10-11H2,1-2H3,(H,25,26). The Hall–Kier alpha value is -3.20. The first-order chi connectivity index (χ1) is 14.8. The Labute approximate surface area is 178 Å². The smallest absolute Gasteiger partial charge is 0.274 e. The third kappa shape index (κ3) is 3.11. The maximum Gasteiger partial charge on any atom is 0.274 e. The Morgan fingerprint density at radius 1 is 1.32 bits per heavy atom. The van der Waals surface area contributed by atoms with Crippen LogP contribution < -0.4 is 0 Å². The lowest BCUT2D eigenvalue weighted by Gasteiger charge is -2.29. The largest absolute Gasteiger partial charge is 0.394 e. The molecule has 9 heteroatoms. The van der Waals surface area contributed by atoms with Crippen LogP contribution in [0.25, 0.3) is 10.9 Å². The summed E-state index contributed by atoms with van der Waals surface area (Å²) in [6.45, 7) is 2.47. The summed E-state index contributed by atoms with van der Waals surface area (Å²) in [6, 6.07) is 4.57. The number of hydrogen-bond acceptors (Lipinski definition) is 4. The van der Waals surface area contributed by atoms with Crippen LogP contribution in [0.15, 0.2) is 18.2 Å². The van der Waals surface area contributed by atoms with Crippen molar-refractivity contribution in [3.05, 3.63) is 52.2 Å². The number of amides is 2. The topological polar surface area (TPSA) is 105 Å². The number of aryl methyl sites for hydroxylation is 1. The molecule has 0 spiro atoms. The average molecular weight is 425 g/mol. The SMILES string of the molecule is Cc1cc(F)cc2[nH]c(C(=O)N3CCc4[nH]nc(C(=O)N(C)C5(CO)CC5)c4C3)cc12. The van der Waals surface area contributed by atoms with Crippen LogP contribution in [0, 0.1) is 12.7 Å². The van der Waals surface area contributed by atoms with E-state index >= 15 is 0 Å². The normalized spacial score (nSPS) is 17.0. The van der Waals surface area contributed by atoms with E-state index < -0.39 is 5.54 Å². The van der Waals surface area contributed by atoms with Crippen LogP contribution in [0.3, 0.4) is 0 Å². The van der Waals surface area contributed by atoms with E-state index in [2.05, 4.69) is 15.2 Å². The zero-order chi connectivity index (χ0) is 21.9. The number of fused-ring (bicyclic) bond motifs is 2. The Bertz CT molecular complexity index is 1210. The summed E-state index contributed by atoms with van der Waals surface area (Å²) < 4.78 is 13.7. The number of likely N-dealkylation sites (N-methyl/N-ethyl adjacent to an activating group) is 1. The molecule has 5 rings (SSSR count). The second-order valence-corrected chi connectivity index (χ2v) is 8.62. The molecule has 3 heterocycles. The van der Waals surface area contributed by atoms with Crippen molar-refractivity contribution in [2.75, 3.05) is 20.2 Å². The third-order valence-electron chi connectivity index (χ3n) is 6.70. The van der Waals surface area contributed by atoms with Crippen molar-refractivity contribution in [2.45, 2.75) is 38.3 Å². The minimum atomic E-state index is -0.495. The van der Waals surface area contributed by atoms with Crippen molar-refractivity contribution < 1.29 is 19.1 Å². The number of nitrogens with one attached hydrogen (secondary N) is 2. The van der Waals surface area contributed by atoms with Gasteiger partial charge in [-0.05, 0) is 43.5 Å². The summed E-state index contributed by atoms with van der Waals surface area (Å²) in [6.07, 6.45) is 2.09. The van der Waals surface area contributed by atoms with Crippen molar-refractivity contribution in [2.24, 2.45) is 0 Å². The number of aliphatic hydroxyl groups excluding tert-OH is 1. The van der Waals surface area contributed by atoms with E-state index in [1.54, 1.807) is 29.8 Å². The number of H-pyrrole nitrogens is 2. The summed E-state index contributed by atoms with van der Waals surface area (Å²) in [4.78, 5) is 32.5. The van der Waals surface area contributed by atoms with Crippen LogP contribution in [-0.4, -0.2) is 67.6 Å². The maximum atomic E-state index is 13.7. The molecular formula is C22H24FN5O3. The van der Waals surface area contributed by atoms with Gasteiger partial charge in [0.05, 0.1) is 18.7 Å². The summed E-state index contributed by atoms with van der Waals surface area (Å²) in [5.74, 6) is -0.811. The van der Waals surface area contributed by atoms with E-state index in [1.165, 1.54) is 12.1 Å². The Kier molecular flexibility index (Phi) is 4.40. The molecule has 0 saturated heterocycles. The van der Waals surface area contributed by atoms with Crippen LogP contribution in [0.5, 0.6) is 0 Å². The second kappa shape index (κ2) is 6.91. The predicted octanol–water partition coefficient (Wildman–Crippen LogP) is 2.13. The highest BCUT2D eigenvalue weighted by atomic mass is 19.1. The van der Waals surface area contributed by atoms with Crippen LogP contribution in [0.4, 0.5) is 4.39 Å². The quantitative estimate of drug-likeness (QED) is 0.596. The molecule has 2 aliphatic rings. The molecule has 1 aliphatic carbocycles. The highest BCUT2D eigenvalue weighted by molar-refractivity contribution is 5.99. The number of hydrogen-bond donors (Lipinski definition) is 3. The lowest BCUT2D eigenvalue weighted by Crippen LogP contribution is -2.42. The minimum Gasteiger partial charge on any atom is -0.394 e. The van der Waals surface area contributed by atoms with E-state index in [9.17, 15) is 19.1 Å². The number of aromatic amines is 2. The van der Waals surface area contributed by atoms with Crippen LogP contribution in [-0.2, 0) is 13.0 Å². The fourth-order valence-corrected chi connectivity index (χ4v) is 4.42. The van der Waals surface area contributed by atoms with Gasteiger partial charge < -0.3 is 19.9 Å². The molecule has 0 unspecified atom stereocenters. The van der Waals surface area contributed by atoms with Gasteiger partial charge in [0.2, 0.25) is 0 Å². The van der Waals surface area contributed by atoms with Gasteiger partial charge in [-0.1, -0.05) is 0 Å². The lowest BCUT2D eigenvalue weighted by molar-refractivity contribution is 0.0607. The number of rotatable bonds is 4. The molecule has 3 N–H and O–H groups in total. The van der Waals surface area contributed by atoms with Gasteiger partial charge >= 0.3 is 0 Å². The van der Waals surface area contributed by atoms with Gasteiger partial charge in [-0.3, -0.25) is 14.7 Å². The molecule has 2 amide bonds. The van der Waals surface area contributed by atoms with Crippen LogP contribution >= 0.6 is 0 Å². The zero-order valence-electron chi connectivity index (χ0n) is 17.5. The third-order valence-corrected chi connectivity index (χ3v) is 6.70. The molecule has 1 saturated carbocycles. The van der Waals surface area contributed by atoms with Gasteiger partial charge in [0, 0.05) is 42.2 Å². The Balaban J connectivity index is 1.41. The molecule has 0 radical (unpaired) electrons. The molecule has 1 aliphatic heterocycles. The van der Waals surface area contributed by atoms with Crippen molar-refractivity contribution in [3.63, 3.8) is 0 Å². The monoisotopic (exact) mass is 425 g/mol. The summed E-state index contributed by atoms with van der Waals surface area (Å²) in [5, 5.41) is 17.6. The molecule has 2 aromatic heterocycles. The summed E-state index contributed by atoms with van der Waals surface area (Å²) in [7, 11) is 1.68. The van der Waals surface area contributed by atoms with E-state index in [4.69, 9.17) is 0 Å². The summed E-state index contributed by atoms with van der Waals surface area (Å²) in [5.41, 5.74) is 3.09. The molecule has 1 aromatic carbocycles.